The minimum Gasteiger partial charge on any atom is -0.481 e. The van der Waals surface area contributed by atoms with Crippen LogP contribution in [0.2, 0.25) is 0 Å². The molecule has 1 unspecified atom stereocenters. The second kappa shape index (κ2) is 5.25. The van der Waals surface area contributed by atoms with Crippen molar-refractivity contribution in [1.29, 1.82) is 0 Å². The van der Waals surface area contributed by atoms with Gasteiger partial charge in [0.2, 0.25) is 0 Å². The van der Waals surface area contributed by atoms with Crippen molar-refractivity contribution in [1.82, 2.24) is 0 Å². The monoisotopic (exact) mass is 277 g/mol. The molecular weight excluding hydrogens is 267 g/mol. The number of alkyl halides is 3. The molecule has 0 amide bonds. The second-order valence-electron chi connectivity index (χ2n) is 3.83. The van der Waals surface area contributed by atoms with Gasteiger partial charge in [0, 0.05) is 12.1 Å². The number of hydrogen-bond donors (Lipinski definition) is 1. The highest BCUT2D eigenvalue weighted by Crippen LogP contribution is 2.38. The quantitative estimate of drug-likeness (QED) is 0.677. The highest BCUT2D eigenvalue weighted by Gasteiger charge is 2.38. The van der Waals surface area contributed by atoms with Gasteiger partial charge in [0.1, 0.15) is 0 Å². The molecule has 104 valence electrons. The summed E-state index contributed by atoms with van der Waals surface area (Å²) in [5.41, 5.74) is -2.47. The minimum atomic E-state index is -4.84. The smallest absolute Gasteiger partial charge is 0.416 e. The first kappa shape index (κ1) is 14.9. The molecule has 1 aromatic carbocycles. The molecule has 0 bridgehead atoms. The van der Waals surface area contributed by atoms with Gasteiger partial charge in [-0.3, -0.25) is 14.9 Å². The standard InChI is InChI=1S/C11H10F3NO4/c1-2-7(10(16)17)8-4-3-6(15(18)19)5-9(8)11(12,13)14/h3-5,7H,2H2,1H3,(H,16,17). The molecule has 1 aromatic rings. The fourth-order valence-corrected chi connectivity index (χ4v) is 1.73. The Morgan fingerprint density at radius 3 is 2.42 bits per heavy atom. The summed E-state index contributed by atoms with van der Waals surface area (Å²) in [5, 5.41) is 19.4. The van der Waals surface area contributed by atoms with Crippen molar-refractivity contribution in [2.24, 2.45) is 0 Å². The highest BCUT2D eigenvalue weighted by atomic mass is 19.4. The summed E-state index contributed by atoms with van der Waals surface area (Å²) in [7, 11) is 0. The molecule has 0 aromatic heterocycles. The number of hydrogen-bond acceptors (Lipinski definition) is 3. The zero-order valence-corrected chi connectivity index (χ0v) is 9.77. The number of carbonyl (C=O) groups is 1. The van der Waals surface area contributed by atoms with Crippen LogP contribution in [0, 0.1) is 10.1 Å². The Kier molecular flexibility index (Phi) is 4.13. The third kappa shape index (κ3) is 3.21. The van der Waals surface area contributed by atoms with Gasteiger partial charge < -0.3 is 5.11 Å². The van der Waals surface area contributed by atoms with Crippen LogP contribution in [0.15, 0.2) is 18.2 Å². The lowest BCUT2D eigenvalue weighted by Crippen LogP contribution is -2.17. The van der Waals surface area contributed by atoms with Gasteiger partial charge in [0.15, 0.2) is 0 Å². The van der Waals surface area contributed by atoms with E-state index in [0.717, 1.165) is 12.1 Å². The summed E-state index contributed by atoms with van der Waals surface area (Å²) in [4.78, 5) is 20.5. The lowest BCUT2D eigenvalue weighted by molar-refractivity contribution is -0.385. The molecule has 0 fully saturated rings. The maximum Gasteiger partial charge on any atom is 0.416 e. The van der Waals surface area contributed by atoms with Crippen molar-refractivity contribution >= 4 is 11.7 Å². The van der Waals surface area contributed by atoms with Gasteiger partial charge >= 0.3 is 12.1 Å². The predicted octanol–water partition coefficient (Wildman–Crippen LogP) is 3.19. The van der Waals surface area contributed by atoms with Gasteiger partial charge in [-0.2, -0.15) is 13.2 Å². The van der Waals surface area contributed by atoms with Gasteiger partial charge in [-0.15, -0.1) is 0 Å². The molecule has 0 heterocycles. The molecule has 8 heteroatoms. The molecule has 1 N–H and O–H groups in total. The average molecular weight is 277 g/mol. The maximum absolute atomic E-state index is 12.8. The van der Waals surface area contributed by atoms with E-state index in [2.05, 4.69) is 0 Å². The van der Waals surface area contributed by atoms with Crippen molar-refractivity contribution in [2.45, 2.75) is 25.4 Å². The summed E-state index contributed by atoms with van der Waals surface area (Å²) in [5.74, 6) is -2.75. The van der Waals surface area contributed by atoms with Crippen molar-refractivity contribution in [3.63, 3.8) is 0 Å². The van der Waals surface area contributed by atoms with Crippen molar-refractivity contribution in [3.05, 3.63) is 39.4 Å². The van der Waals surface area contributed by atoms with Gasteiger partial charge in [0.05, 0.1) is 16.4 Å². The molecule has 0 radical (unpaired) electrons. The SMILES string of the molecule is CCC(C(=O)O)c1ccc([N+](=O)[O-])cc1C(F)(F)F. The highest BCUT2D eigenvalue weighted by molar-refractivity contribution is 5.77. The van der Waals surface area contributed by atoms with Crippen molar-refractivity contribution in [3.8, 4) is 0 Å². The predicted molar refractivity (Wildman–Crippen MR) is 58.8 cm³/mol. The van der Waals surface area contributed by atoms with E-state index in [1.165, 1.54) is 6.92 Å². The first-order valence-corrected chi connectivity index (χ1v) is 5.26. The number of rotatable bonds is 4. The topological polar surface area (TPSA) is 80.4 Å². The van der Waals surface area contributed by atoms with E-state index in [1.807, 2.05) is 0 Å². The molecule has 0 aliphatic rings. The molecule has 0 aliphatic carbocycles. The van der Waals surface area contributed by atoms with Crippen LogP contribution in [0.3, 0.4) is 0 Å². The van der Waals surface area contributed by atoms with Gasteiger partial charge in [-0.25, -0.2) is 0 Å². The molecule has 19 heavy (non-hydrogen) atoms. The first-order valence-electron chi connectivity index (χ1n) is 5.26. The van der Waals surface area contributed by atoms with Crippen LogP contribution in [0.4, 0.5) is 18.9 Å². The number of non-ortho nitro benzene ring substituents is 1. The van der Waals surface area contributed by atoms with Crippen LogP contribution in [0.5, 0.6) is 0 Å². The van der Waals surface area contributed by atoms with E-state index in [-0.39, 0.29) is 6.42 Å². The van der Waals surface area contributed by atoms with Crippen LogP contribution in [0.25, 0.3) is 0 Å². The summed E-state index contributed by atoms with van der Waals surface area (Å²) >= 11 is 0. The number of carboxylic acid groups (broad SMARTS) is 1. The number of nitrogens with zero attached hydrogens (tertiary/aromatic N) is 1. The third-order valence-corrected chi connectivity index (χ3v) is 2.63. The lowest BCUT2D eigenvalue weighted by Gasteiger charge is -2.17. The Morgan fingerprint density at radius 1 is 1.47 bits per heavy atom. The normalized spacial score (nSPS) is 13.1. The fraction of sp³-hybridized carbons (Fsp3) is 0.364. The fourth-order valence-electron chi connectivity index (χ4n) is 1.73. The Balaban J connectivity index is 3.47. The zero-order chi connectivity index (χ0) is 14.8. The number of carboxylic acids is 1. The van der Waals surface area contributed by atoms with Gasteiger partial charge in [0.25, 0.3) is 5.69 Å². The van der Waals surface area contributed by atoms with Crippen LogP contribution in [-0.4, -0.2) is 16.0 Å². The molecule has 1 rings (SSSR count). The van der Waals surface area contributed by atoms with E-state index in [1.54, 1.807) is 0 Å². The number of nitro benzene ring substituents is 1. The summed E-state index contributed by atoms with van der Waals surface area (Å²) in [6, 6.07) is 2.08. The molecule has 1 atom stereocenters. The molecule has 0 aliphatic heterocycles. The average Bonchev–Trinajstić information content (AvgIpc) is 2.28. The molecule has 0 saturated carbocycles. The number of nitro groups is 1. The molecular formula is C11H10F3NO4. The molecule has 0 saturated heterocycles. The summed E-state index contributed by atoms with van der Waals surface area (Å²) < 4.78 is 38.5. The molecule has 0 spiro atoms. The van der Waals surface area contributed by atoms with Crippen LogP contribution in [0.1, 0.15) is 30.4 Å². The number of benzene rings is 1. The second-order valence-corrected chi connectivity index (χ2v) is 3.83. The van der Waals surface area contributed by atoms with Gasteiger partial charge in [-0.1, -0.05) is 13.0 Å². The van der Waals surface area contributed by atoms with Crippen LogP contribution in [-0.2, 0) is 11.0 Å². The van der Waals surface area contributed by atoms with Crippen molar-refractivity contribution < 1.29 is 28.0 Å². The third-order valence-electron chi connectivity index (χ3n) is 2.63. The van der Waals surface area contributed by atoms with E-state index >= 15 is 0 Å². The number of aliphatic carboxylic acids is 1. The van der Waals surface area contributed by atoms with E-state index in [9.17, 15) is 28.1 Å². The first-order chi connectivity index (χ1) is 8.68. The number of halogens is 3. The zero-order valence-electron chi connectivity index (χ0n) is 9.77. The summed E-state index contributed by atoms with van der Waals surface area (Å²) in [6.45, 7) is 1.43. The lowest BCUT2D eigenvalue weighted by atomic mass is 9.91. The Bertz CT molecular complexity index is 513. The maximum atomic E-state index is 12.8. The molecule has 5 nitrogen and oxygen atoms in total. The van der Waals surface area contributed by atoms with Gasteiger partial charge in [-0.05, 0) is 12.0 Å². The Hall–Kier alpha value is -2.12. The van der Waals surface area contributed by atoms with E-state index in [4.69, 9.17) is 5.11 Å². The minimum absolute atomic E-state index is 0.0454. The van der Waals surface area contributed by atoms with Crippen molar-refractivity contribution in [2.75, 3.05) is 0 Å². The van der Waals surface area contributed by atoms with E-state index in [0.29, 0.717) is 6.07 Å². The Morgan fingerprint density at radius 2 is 2.05 bits per heavy atom. The van der Waals surface area contributed by atoms with Crippen LogP contribution < -0.4 is 0 Å². The largest absolute Gasteiger partial charge is 0.481 e. The Labute approximate surface area is 105 Å². The van der Waals surface area contributed by atoms with E-state index < -0.39 is 39.8 Å². The summed E-state index contributed by atoms with van der Waals surface area (Å²) in [6.07, 6.45) is -4.89. The van der Waals surface area contributed by atoms with Crippen LogP contribution >= 0.6 is 0 Å².